The molecule has 2 aromatic heterocycles. The van der Waals surface area contributed by atoms with Crippen molar-refractivity contribution in [3.8, 4) is 5.75 Å². The van der Waals surface area contributed by atoms with Crippen LogP contribution in [0.4, 0.5) is 0 Å². The summed E-state index contributed by atoms with van der Waals surface area (Å²) >= 11 is 1.01. The van der Waals surface area contributed by atoms with Crippen molar-refractivity contribution in [1.82, 2.24) is 25.4 Å². The molecule has 0 aliphatic carbocycles. The van der Waals surface area contributed by atoms with E-state index in [9.17, 15) is 14.4 Å². The summed E-state index contributed by atoms with van der Waals surface area (Å²) in [6, 6.07) is 16.6. The first-order chi connectivity index (χ1) is 17.9. The number of carbonyl (C=O) groups is 2. The standard InChI is InChI=1S/C27H27N5O4S/c1-3-24(33)32-13-21(26-30-31-27(35)37-26)23(14-32)29-25(34)17-8-10-19(11-9-17)36-15-18-12-16(2)28-22-7-5-4-6-20(18)22/h4-12,21,23H,3,13-15H2,1-2H3,(H,29,34)(H,31,35)/t21-,23+/m0/s1. The van der Waals surface area contributed by atoms with Crippen LogP contribution in [-0.4, -0.2) is 51.0 Å². The Bertz CT molecular complexity index is 1500. The molecular weight excluding hydrogens is 490 g/mol. The number of pyridine rings is 1. The minimum absolute atomic E-state index is 0.00306. The van der Waals surface area contributed by atoms with Crippen LogP contribution in [-0.2, 0) is 11.4 Å². The van der Waals surface area contributed by atoms with Crippen LogP contribution in [0.15, 0.2) is 59.4 Å². The molecule has 1 aliphatic heterocycles. The van der Waals surface area contributed by atoms with E-state index in [-0.39, 0.29) is 28.6 Å². The zero-order valence-corrected chi connectivity index (χ0v) is 21.4. The first-order valence-electron chi connectivity index (χ1n) is 12.1. The van der Waals surface area contributed by atoms with E-state index in [1.807, 2.05) is 37.3 Å². The van der Waals surface area contributed by atoms with Gasteiger partial charge in [0.25, 0.3) is 5.91 Å². The number of hydrogen-bond acceptors (Lipinski definition) is 7. The average molecular weight is 518 g/mol. The van der Waals surface area contributed by atoms with E-state index in [0.29, 0.717) is 42.4 Å². The van der Waals surface area contributed by atoms with Crippen LogP contribution in [0.1, 0.15) is 45.9 Å². The van der Waals surface area contributed by atoms with Crippen LogP contribution in [0.25, 0.3) is 10.9 Å². The lowest BCUT2D eigenvalue weighted by Crippen LogP contribution is -2.40. The van der Waals surface area contributed by atoms with Crippen molar-refractivity contribution in [2.24, 2.45) is 0 Å². The Hall–Kier alpha value is -4.05. The maximum atomic E-state index is 13.1. The monoisotopic (exact) mass is 517 g/mol. The molecule has 4 aromatic rings. The molecule has 0 unspecified atom stereocenters. The Morgan fingerprint density at radius 2 is 1.95 bits per heavy atom. The molecule has 37 heavy (non-hydrogen) atoms. The second kappa shape index (κ2) is 10.5. The number of amides is 2. The fourth-order valence-corrected chi connectivity index (χ4v) is 5.42. The van der Waals surface area contributed by atoms with Gasteiger partial charge in [-0.25, -0.2) is 5.10 Å². The Morgan fingerprint density at radius 3 is 2.68 bits per heavy atom. The van der Waals surface area contributed by atoms with Crippen molar-refractivity contribution in [3.05, 3.63) is 86.1 Å². The van der Waals surface area contributed by atoms with Crippen LogP contribution >= 0.6 is 11.3 Å². The lowest BCUT2D eigenvalue weighted by atomic mass is 10.0. The summed E-state index contributed by atoms with van der Waals surface area (Å²) < 4.78 is 6.01. The van der Waals surface area contributed by atoms with Gasteiger partial charge >= 0.3 is 4.87 Å². The van der Waals surface area contributed by atoms with E-state index in [4.69, 9.17) is 4.74 Å². The number of nitrogens with zero attached hydrogens (tertiary/aromatic N) is 3. The summed E-state index contributed by atoms with van der Waals surface area (Å²) in [6.07, 6.45) is 0.375. The zero-order chi connectivity index (χ0) is 25.9. The van der Waals surface area contributed by atoms with Crippen molar-refractivity contribution in [1.29, 1.82) is 0 Å². The van der Waals surface area contributed by atoms with Gasteiger partial charge < -0.3 is 15.0 Å². The van der Waals surface area contributed by atoms with Crippen LogP contribution in [0.5, 0.6) is 5.75 Å². The number of aromatic amines is 1. The van der Waals surface area contributed by atoms with E-state index in [0.717, 1.165) is 33.5 Å². The summed E-state index contributed by atoms with van der Waals surface area (Å²) in [7, 11) is 0. The molecule has 3 heterocycles. The number of aryl methyl sites for hydroxylation is 1. The number of fused-ring (bicyclic) bond motifs is 1. The van der Waals surface area contributed by atoms with Gasteiger partial charge in [0.15, 0.2) is 0 Å². The Morgan fingerprint density at radius 1 is 1.16 bits per heavy atom. The lowest BCUT2D eigenvalue weighted by Gasteiger charge is -2.18. The van der Waals surface area contributed by atoms with Gasteiger partial charge in [0.1, 0.15) is 17.4 Å². The van der Waals surface area contributed by atoms with Gasteiger partial charge in [-0.15, -0.1) is 0 Å². The summed E-state index contributed by atoms with van der Waals surface area (Å²) in [5.74, 6) is 0.147. The third-order valence-corrected chi connectivity index (χ3v) is 7.38. The van der Waals surface area contributed by atoms with E-state index >= 15 is 0 Å². The molecular formula is C27H27N5O4S. The van der Waals surface area contributed by atoms with E-state index in [1.165, 1.54) is 0 Å². The number of nitrogens with one attached hydrogen (secondary N) is 2. The highest BCUT2D eigenvalue weighted by molar-refractivity contribution is 7.08. The van der Waals surface area contributed by atoms with Gasteiger partial charge in [-0.05, 0) is 43.3 Å². The van der Waals surface area contributed by atoms with Gasteiger partial charge in [0, 0.05) is 41.7 Å². The minimum Gasteiger partial charge on any atom is -0.489 e. The van der Waals surface area contributed by atoms with Crippen LogP contribution in [0, 0.1) is 6.92 Å². The fraction of sp³-hybridized carbons (Fsp3) is 0.296. The number of carbonyl (C=O) groups excluding carboxylic acids is 2. The first kappa shape index (κ1) is 24.6. The molecule has 190 valence electrons. The topological polar surface area (TPSA) is 117 Å². The molecule has 1 saturated heterocycles. The Balaban J connectivity index is 1.26. The largest absolute Gasteiger partial charge is 0.489 e. The molecule has 2 aromatic carbocycles. The SMILES string of the molecule is CCC(=O)N1C[C@H](c2n[nH]c(=O)s2)[C@H](NC(=O)c2ccc(OCc3cc(C)nc4ccccc34)cc2)C1. The second-order valence-electron chi connectivity index (χ2n) is 9.04. The molecule has 0 bridgehead atoms. The van der Waals surface area contributed by atoms with Gasteiger partial charge in [-0.2, -0.15) is 5.10 Å². The molecule has 0 radical (unpaired) electrons. The van der Waals surface area contributed by atoms with E-state index < -0.39 is 0 Å². The first-order valence-corrected chi connectivity index (χ1v) is 12.9. The molecule has 1 aliphatic rings. The van der Waals surface area contributed by atoms with Crippen molar-refractivity contribution in [3.63, 3.8) is 0 Å². The van der Waals surface area contributed by atoms with Crippen LogP contribution in [0.2, 0.25) is 0 Å². The van der Waals surface area contributed by atoms with Crippen molar-refractivity contribution in [2.75, 3.05) is 13.1 Å². The number of para-hydroxylation sites is 1. The summed E-state index contributed by atoms with van der Waals surface area (Å²) in [5, 5.41) is 11.2. The number of benzene rings is 2. The van der Waals surface area contributed by atoms with Gasteiger partial charge in [-0.1, -0.05) is 36.5 Å². The quantitative estimate of drug-likeness (QED) is 0.388. The maximum absolute atomic E-state index is 13.1. The number of rotatable bonds is 7. The second-order valence-corrected chi connectivity index (χ2v) is 10.0. The highest BCUT2D eigenvalue weighted by atomic mass is 32.1. The third kappa shape index (κ3) is 5.39. The predicted molar refractivity (Wildman–Crippen MR) is 141 cm³/mol. The predicted octanol–water partition coefficient (Wildman–Crippen LogP) is 3.40. The fourth-order valence-electron chi connectivity index (χ4n) is 4.66. The maximum Gasteiger partial charge on any atom is 0.322 e. The molecule has 2 N–H and O–H groups in total. The van der Waals surface area contributed by atoms with Crippen LogP contribution in [0.3, 0.4) is 0 Å². The molecule has 1 fully saturated rings. The van der Waals surface area contributed by atoms with Gasteiger partial charge in [0.05, 0.1) is 17.5 Å². The molecule has 2 atom stereocenters. The van der Waals surface area contributed by atoms with Crippen molar-refractivity contribution >= 4 is 34.1 Å². The molecule has 0 saturated carbocycles. The van der Waals surface area contributed by atoms with E-state index in [1.54, 1.807) is 36.1 Å². The smallest absolute Gasteiger partial charge is 0.322 e. The number of likely N-dealkylation sites (tertiary alicyclic amines) is 1. The number of H-pyrrole nitrogens is 1. The normalized spacial score (nSPS) is 17.2. The van der Waals surface area contributed by atoms with Crippen LogP contribution < -0.4 is 14.9 Å². The Kier molecular flexibility index (Phi) is 7.00. The Labute approximate surface area is 217 Å². The van der Waals surface area contributed by atoms with E-state index in [2.05, 4.69) is 20.5 Å². The highest BCUT2D eigenvalue weighted by Gasteiger charge is 2.38. The summed E-state index contributed by atoms with van der Waals surface area (Å²) in [5.41, 5.74) is 3.38. The molecule has 9 nitrogen and oxygen atoms in total. The van der Waals surface area contributed by atoms with Crippen molar-refractivity contribution in [2.45, 2.75) is 38.8 Å². The molecule has 2 amide bonds. The van der Waals surface area contributed by atoms with Gasteiger partial charge in [-0.3, -0.25) is 19.4 Å². The average Bonchev–Trinajstić information content (AvgIpc) is 3.53. The summed E-state index contributed by atoms with van der Waals surface area (Å²) in [4.78, 5) is 43.0. The van der Waals surface area contributed by atoms with Gasteiger partial charge in [0.2, 0.25) is 5.91 Å². The minimum atomic E-state index is -0.346. The van der Waals surface area contributed by atoms with Crippen molar-refractivity contribution < 1.29 is 14.3 Å². The molecule has 0 spiro atoms. The zero-order valence-electron chi connectivity index (χ0n) is 20.6. The number of ether oxygens (including phenoxy) is 1. The summed E-state index contributed by atoms with van der Waals surface area (Å²) in [6.45, 7) is 4.93. The molecule has 10 heteroatoms. The third-order valence-electron chi connectivity index (χ3n) is 6.50. The number of hydrogen-bond donors (Lipinski definition) is 2. The number of aromatic nitrogens is 3. The highest BCUT2D eigenvalue weighted by Crippen LogP contribution is 2.28. The lowest BCUT2D eigenvalue weighted by molar-refractivity contribution is -0.129. The molecule has 5 rings (SSSR count).